The fraction of sp³-hybridized carbons (Fsp3) is 0.500. The maximum atomic E-state index is 12.4. The molecule has 1 amide bonds. The third kappa shape index (κ3) is 2.82. The van der Waals surface area contributed by atoms with Gasteiger partial charge < -0.3 is 15.3 Å². The molecule has 4 heteroatoms. The Kier molecular flexibility index (Phi) is 3.57. The summed E-state index contributed by atoms with van der Waals surface area (Å²) in [6.45, 7) is 6.71. The standard InChI is InChI=1S/C14H20N2O2/c1-14(2)10-15-6-7-16(13(14)18)9-11-4-3-5-12(17)8-11/h3-5,8,15,17H,6-7,9-10H2,1-2H3. The van der Waals surface area contributed by atoms with Gasteiger partial charge in [-0.1, -0.05) is 12.1 Å². The van der Waals surface area contributed by atoms with E-state index in [4.69, 9.17) is 0 Å². The van der Waals surface area contributed by atoms with Crippen molar-refractivity contribution in [2.45, 2.75) is 20.4 Å². The second-order valence-corrected chi connectivity index (χ2v) is 5.46. The van der Waals surface area contributed by atoms with Crippen molar-refractivity contribution in [3.63, 3.8) is 0 Å². The van der Waals surface area contributed by atoms with Gasteiger partial charge in [0.25, 0.3) is 0 Å². The van der Waals surface area contributed by atoms with Crippen molar-refractivity contribution < 1.29 is 9.90 Å². The monoisotopic (exact) mass is 248 g/mol. The number of phenols is 1. The molecule has 18 heavy (non-hydrogen) atoms. The van der Waals surface area contributed by atoms with E-state index in [0.29, 0.717) is 19.6 Å². The van der Waals surface area contributed by atoms with E-state index in [-0.39, 0.29) is 17.1 Å². The second-order valence-electron chi connectivity index (χ2n) is 5.46. The summed E-state index contributed by atoms with van der Waals surface area (Å²) in [5.41, 5.74) is 0.592. The van der Waals surface area contributed by atoms with Gasteiger partial charge in [0.15, 0.2) is 0 Å². The lowest BCUT2D eigenvalue weighted by Crippen LogP contribution is -2.41. The minimum atomic E-state index is -0.368. The number of nitrogens with zero attached hydrogens (tertiary/aromatic N) is 1. The number of amides is 1. The summed E-state index contributed by atoms with van der Waals surface area (Å²) in [7, 11) is 0. The number of carbonyl (C=O) groups is 1. The van der Waals surface area contributed by atoms with Crippen molar-refractivity contribution in [3.05, 3.63) is 29.8 Å². The Morgan fingerprint density at radius 1 is 1.44 bits per heavy atom. The molecule has 0 saturated carbocycles. The summed E-state index contributed by atoms with van der Waals surface area (Å²) in [5.74, 6) is 0.406. The summed E-state index contributed by atoms with van der Waals surface area (Å²) >= 11 is 0. The molecule has 1 aromatic rings. The molecule has 1 heterocycles. The van der Waals surface area contributed by atoms with E-state index in [0.717, 1.165) is 12.1 Å². The third-order valence-electron chi connectivity index (χ3n) is 3.28. The predicted molar refractivity (Wildman–Crippen MR) is 70.2 cm³/mol. The Morgan fingerprint density at radius 3 is 2.94 bits per heavy atom. The molecule has 0 radical (unpaired) electrons. The number of hydrogen-bond donors (Lipinski definition) is 2. The predicted octanol–water partition coefficient (Wildman–Crippen LogP) is 1.35. The van der Waals surface area contributed by atoms with Crippen LogP contribution in [0.5, 0.6) is 5.75 Å². The molecule has 2 N–H and O–H groups in total. The zero-order valence-electron chi connectivity index (χ0n) is 10.9. The maximum Gasteiger partial charge on any atom is 0.229 e. The molecule has 1 saturated heterocycles. The highest BCUT2D eigenvalue weighted by Gasteiger charge is 2.33. The van der Waals surface area contributed by atoms with Crippen molar-refractivity contribution in [3.8, 4) is 5.75 Å². The van der Waals surface area contributed by atoms with Crippen molar-refractivity contribution in [1.29, 1.82) is 0 Å². The molecule has 2 rings (SSSR count). The number of nitrogens with one attached hydrogen (secondary N) is 1. The molecule has 1 fully saturated rings. The van der Waals surface area contributed by atoms with Crippen LogP contribution in [-0.4, -0.2) is 35.5 Å². The van der Waals surface area contributed by atoms with Crippen LogP contribution >= 0.6 is 0 Å². The Hall–Kier alpha value is -1.55. The van der Waals surface area contributed by atoms with Gasteiger partial charge in [-0.25, -0.2) is 0 Å². The van der Waals surface area contributed by atoms with Gasteiger partial charge in [0.1, 0.15) is 5.75 Å². The summed E-state index contributed by atoms with van der Waals surface area (Å²) in [6, 6.07) is 7.08. The summed E-state index contributed by atoms with van der Waals surface area (Å²) in [5, 5.41) is 12.7. The van der Waals surface area contributed by atoms with Crippen LogP contribution in [0.2, 0.25) is 0 Å². The molecule has 0 atom stereocenters. The number of phenolic OH excluding ortho intramolecular Hbond substituents is 1. The van der Waals surface area contributed by atoms with Gasteiger partial charge in [0.05, 0.1) is 5.41 Å². The van der Waals surface area contributed by atoms with Crippen molar-refractivity contribution in [1.82, 2.24) is 10.2 Å². The fourth-order valence-corrected chi connectivity index (χ4v) is 2.25. The Balaban J connectivity index is 2.14. The highest BCUT2D eigenvalue weighted by Crippen LogP contribution is 2.22. The molecule has 4 nitrogen and oxygen atoms in total. The molecule has 0 aliphatic carbocycles. The van der Waals surface area contributed by atoms with Crippen LogP contribution in [0.4, 0.5) is 0 Å². The molecule has 0 aromatic heterocycles. The molecular weight excluding hydrogens is 228 g/mol. The highest BCUT2D eigenvalue weighted by atomic mass is 16.3. The normalized spacial score (nSPS) is 19.7. The number of rotatable bonds is 2. The number of aromatic hydroxyl groups is 1. The van der Waals surface area contributed by atoms with Crippen LogP contribution < -0.4 is 5.32 Å². The quantitative estimate of drug-likeness (QED) is 0.830. The van der Waals surface area contributed by atoms with Gasteiger partial charge >= 0.3 is 0 Å². The van der Waals surface area contributed by atoms with E-state index in [2.05, 4.69) is 5.32 Å². The first-order valence-corrected chi connectivity index (χ1v) is 6.27. The lowest BCUT2D eigenvalue weighted by atomic mass is 9.92. The lowest BCUT2D eigenvalue weighted by Gasteiger charge is -2.28. The average Bonchev–Trinajstić information content (AvgIpc) is 2.42. The molecule has 1 aromatic carbocycles. The van der Waals surface area contributed by atoms with Crippen LogP contribution in [0.25, 0.3) is 0 Å². The van der Waals surface area contributed by atoms with E-state index in [1.54, 1.807) is 18.2 Å². The molecule has 98 valence electrons. The Labute approximate surface area is 108 Å². The largest absolute Gasteiger partial charge is 0.508 e. The minimum Gasteiger partial charge on any atom is -0.508 e. The van der Waals surface area contributed by atoms with Crippen molar-refractivity contribution in [2.24, 2.45) is 5.41 Å². The number of benzene rings is 1. The lowest BCUT2D eigenvalue weighted by molar-refractivity contribution is -0.139. The fourth-order valence-electron chi connectivity index (χ4n) is 2.25. The maximum absolute atomic E-state index is 12.4. The van der Waals surface area contributed by atoms with Crippen LogP contribution in [0.3, 0.4) is 0 Å². The molecule has 1 aliphatic heterocycles. The molecule has 1 aliphatic rings. The van der Waals surface area contributed by atoms with Gasteiger partial charge in [-0.15, -0.1) is 0 Å². The SMILES string of the molecule is CC1(C)CNCCN(Cc2cccc(O)c2)C1=O. The summed E-state index contributed by atoms with van der Waals surface area (Å²) in [6.07, 6.45) is 0. The first-order valence-electron chi connectivity index (χ1n) is 6.27. The third-order valence-corrected chi connectivity index (χ3v) is 3.28. The van der Waals surface area contributed by atoms with Gasteiger partial charge in [-0.3, -0.25) is 4.79 Å². The zero-order valence-corrected chi connectivity index (χ0v) is 10.9. The summed E-state index contributed by atoms with van der Waals surface area (Å²) in [4.78, 5) is 14.2. The van der Waals surface area contributed by atoms with Gasteiger partial charge in [-0.05, 0) is 31.5 Å². The molecular formula is C14H20N2O2. The van der Waals surface area contributed by atoms with E-state index in [9.17, 15) is 9.90 Å². The number of hydrogen-bond acceptors (Lipinski definition) is 3. The van der Waals surface area contributed by atoms with Crippen LogP contribution in [0.15, 0.2) is 24.3 Å². The molecule has 0 spiro atoms. The zero-order chi connectivity index (χ0) is 13.2. The minimum absolute atomic E-state index is 0.163. The van der Waals surface area contributed by atoms with E-state index in [1.165, 1.54) is 0 Å². The highest BCUT2D eigenvalue weighted by molar-refractivity contribution is 5.82. The first kappa shape index (κ1) is 12.9. The van der Waals surface area contributed by atoms with Crippen molar-refractivity contribution >= 4 is 5.91 Å². The second kappa shape index (κ2) is 4.98. The summed E-state index contributed by atoms with van der Waals surface area (Å²) < 4.78 is 0. The smallest absolute Gasteiger partial charge is 0.229 e. The van der Waals surface area contributed by atoms with Gasteiger partial charge in [-0.2, -0.15) is 0 Å². The van der Waals surface area contributed by atoms with Crippen LogP contribution in [-0.2, 0) is 11.3 Å². The van der Waals surface area contributed by atoms with E-state index >= 15 is 0 Å². The van der Waals surface area contributed by atoms with Crippen molar-refractivity contribution in [2.75, 3.05) is 19.6 Å². The van der Waals surface area contributed by atoms with E-state index < -0.39 is 0 Å². The van der Waals surface area contributed by atoms with Crippen LogP contribution in [0.1, 0.15) is 19.4 Å². The van der Waals surface area contributed by atoms with E-state index in [1.807, 2.05) is 24.8 Å². The topological polar surface area (TPSA) is 52.6 Å². The average molecular weight is 248 g/mol. The Bertz CT molecular complexity index is 443. The van der Waals surface area contributed by atoms with Gasteiger partial charge in [0, 0.05) is 26.2 Å². The Morgan fingerprint density at radius 2 is 2.22 bits per heavy atom. The van der Waals surface area contributed by atoms with Crippen LogP contribution in [0, 0.1) is 5.41 Å². The number of carbonyl (C=O) groups excluding carboxylic acids is 1. The van der Waals surface area contributed by atoms with Gasteiger partial charge in [0.2, 0.25) is 5.91 Å². The molecule has 0 unspecified atom stereocenters. The first-order chi connectivity index (χ1) is 8.49. The molecule has 0 bridgehead atoms.